The standard InChI is InChI=1S/C11H20N4O/c1-4-5-9-10(12)13-8-14-11(9)15(2)6-7-16-3/h8H,4-7H2,1-3H3,(H2,12,13,14). The largest absolute Gasteiger partial charge is 0.383 e. The van der Waals surface area contributed by atoms with Gasteiger partial charge in [0.15, 0.2) is 0 Å². The Morgan fingerprint density at radius 1 is 1.44 bits per heavy atom. The van der Waals surface area contributed by atoms with E-state index < -0.39 is 0 Å². The second-order valence-electron chi connectivity index (χ2n) is 3.73. The Hall–Kier alpha value is -1.36. The normalized spacial score (nSPS) is 10.4. The van der Waals surface area contributed by atoms with Crippen LogP contribution in [0, 0.1) is 0 Å². The van der Waals surface area contributed by atoms with E-state index in [1.807, 2.05) is 11.9 Å². The van der Waals surface area contributed by atoms with Crippen molar-refractivity contribution in [3.63, 3.8) is 0 Å². The van der Waals surface area contributed by atoms with Crippen LogP contribution in [0.1, 0.15) is 18.9 Å². The molecule has 0 bridgehead atoms. The summed E-state index contributed by atoms with van der Waals surface area (Å²) in [6.07, 6.45) is 3.44. The summed E-state index contributed by atoms with van der Waals surface area (Å²) in [5, 5.41) is 0. The van der Waals surface area contributed by atoms with Gasteiger partial charge in [0.2, 0.25) is 0 Å². The Morgan fingerprint density at radius 3 is 2.81 bits per heavy atom. The Kier molecular flexibility index (Phi) is 4.98. The lowest BCUT2D eigenvalue weighted by atomic mass is 10.1. The van der Waals surface area contributed by atoms with Gasteiger partial charge in [-0.05, 0) is 6.42 Å². The molecule has 1 rings (SSSR count). The van der Waals surface area contributed by atoms with Crippen molar-refractivity contribution in [3.8, 4) is 0 Å². The number of methoxy groups -OCH3 is 1. The van der Waals surface area contributed by atoms with Crippen molar-refractivity contribution in [2.24, 2.45) is 0 Å². The van der Waals surface area contributed by atoms with Gasteiger partial charge in [-0.1, -0.05) is 13.3 Å². The maximum atomic E-state index is 5.86. The third-order valence-electron chi connectivity index (χ3n) is 2.45. The van der Waals surface area contributed by atoms with Gasteiger partial charge in [0.1, 0.15) is 18.0 Å². The number of hydrogen-bond donors (Lipinski definition) is 1. The Bertz CT molecular complexity index is 330. The van der Waals surface area contributed by atoms with Crippen molar-refractivity contribution < 1.29 is 4.74 Å². The first kappa shape index (κ1) is 12.7. The van der Waals surface area contributed by atoms with Crippen molar-refractivity contribution in [1.29, 1.82) is 0 Å². The smallest absolute Gasteiger partial charge is 0.137 e. The summed E-state index contributed by atoms with van der Waals surface area (Å²) in [5.41, 5.74) is 6.90. The van der Waals surface area contributed by atoms with Crippen molar-refractivity contribution in [2.45, 2.75) is 19.8 Å². The minimum atomic E-state index is 0.580. The van der Waals surface area contributed by atoms with Gasteiger partial charge in [0.05, 0.1) is 6.61 Å². The van der Waals surface area contributed by atoms with Crippen LogP contribution in [-0.4, -0.2) is 37.3 Å². The fourth-order valence-electron chi connectivity index (χ4n) is 1.57. The molecule has 0 saturated carbocycles. The first-order valence-electron chi connectivity index (χ1n) is 5.50. The fraction of sp³-hybridized carbons (Fsp3) is 0.636. The number of anilines is 2. The van der Waals surface area contributed by atoms with Gasteiger partial charge in [0.25, 0.3) is 0 Å². The summed E-state index contributed by atoms with van der Waals surface area (Å²) in [5.74, 6) is 1.49. The van der Waals surface area contributed by atoms with E-state index in [-0.39, 0.29) is 0 Å². The van der Waals surface area contributed by atoms with Crippen LogP contribution in [0.5, 0.6) is 0 Å². The van der Waals surface area contributed by atoms with E-state index in [4.69, 9.17) is 10.5 Å². The minimum Gasteiger partial charge on any atom is -0.383 e. The lowest BCUT2D eigenvalue weighted by Gasteiger charge is -2.21. The van der Waals surface area contributed by atoms with Crippen molar-refractivity contribution in [2.75, 3.05) is 37.9 Å². The number of nitrogens with zero attached hydrogens (tertiary/aromatic N) is 3. The van der Waals surface area contributed by atoms with E-state index in [9.17, 15) is 0 Å². The van der Waals surface area contributed by atoms with Crippen LogP contribution >= 0.6 is 0 Å². The second kappa shape index (κ2) is 6.27. The molecule has 0 aromatic carbocycles. The summed E-state index contributed by atoms with van der Waals surface area (Å²) in [6, 6.07) is 0. The summed E-state index contributed by atoms with van der Waals surface area (Å²) >= 11 is 0. The lowest BCUT2D eigenvalue weighted by Crippen LogP contribution is -2.25. The molecule has 5 heteroatoms. The van der Waals surface area contributed by atoms with Gasteiger partial charge in [0, 0.05) is 26.3 Å². The summed E-state index contributed by atoms with van der Waals surface area (Å²) in [4.78, 5) is 10.4. The number of aromatic nitrogens is 2. The zero-order valence-corrected chi connectivity index (χ0v) is 10.2. The maximum Gasteiger partial charge on any atom is 0.137 e. The van der Waals surface area contributed by atoms with E-state index in [2.05, 4.69) is 16.9 Å². The zero-order chi connectivity index (χ0) is 12.0. The topological polar surface area (TPSA) is 64.3 Å². The van der Waals surface area contributed by atoms with Crippen LogP contribution in [0.3, 0.4) is 0 Å². The highest BCUT2D eigenvalue weighted by atomic mass is 16.5. The molecule has 16 heavy (non-hydrogen) atoms. The van der Waals surface area contributed by atoms with Crippen LogP contribution in [0.25, 0.3) is 0 Å². The van der Waals surface area contributed by atoms with Gasteiger partial charge in [-0.15, -0.1) is 0 Å². The second-order valence-corrected chi connectivity index (χ2v) is 3.73. The molecule has 0 aliphatic carbocycles. The Morgan fingerprint density at radius 2 is 2.19 bits per heavy atom. The zero-order valence-electron chi connectivity index (χ0n) is 10.2. The van der Waals surface area contributed by atoms with Gasteiger partial charge >= 0.3 is 0 Å². The van der Waals surface area contributed by atoms with Crippen LogP contribution in [-0.2, 0) is 11.2 Å². The number of nitrogen functional groups attached to an aromatic ring is 1. The molecule has 1 aromatic heterocycles. The third kappa shape index (κ3) is 3.06. The average molecular weight is 224 g/mol. The Balaban J connectivity index is 2.88. The molecular formula is C11H20N4O. The summed E-state index contributed by atoms with van der Waals surface area (Å²) in [7, 11) is 3.68. The number of hydrogen-bond acceptors (Lipinski definition) is 5. The molecule has 5 nitrogen and oxygen atoms in total. The van der Waals surface area contributed by atoms with Gasteiger partial charge in [-0.25, -0.2) is 9.97 Å². The van der Waals surface area contributed by atoms with Crippen LogP contribution in [0.15, 0.2) is 6.33 Å². The predicted molar refractivity (Wildman–Crippen MR) is 65.6 cm³/mol. The van der Waals surface area contributed by atoms with Crippen molar-refractivity contribution in [3.05, 3.63) is 11.9 Å². The molecule has 0 aliphatic rings. The van der Waals surface area contributed by atoms with Gasteiger partial charge in [-0.3, -0.25) is 0 Å². The molecule has 0 saturated heterocycles. The summed E-state index contributed by atoms with van der Waals surface area (Å²) < 4.78 is 5.05. The highest BCUT2D eigenvalue weighted by Gasteiger charge is 2.11. The van der Waals surface area contributed by atoms with Crippen molar-refractivity contribution >= 4 is 11.6 Å². The van der Waals surface area contributed by atoms with Crippen LogP contribution in [0.2, 0.25) is 0 Å². The molecule has 2 N–H and O–H groups in total. The molecule has 0 unspecified atom stereocenters. The Labute approximate surface area is 96.6 Å². The van der Waals surface area contributed by atoms with Crippen molar-refractivity contribution in [1.82, 2.24) is 9.97 Å². The van der Waals surface area contributed by atoms with E-state index in [1.54, 1.807) is 7.11 Å². The first-order valence-corrected chi connectivity index (χ1v) is 5.50. The van der Waals surface area contributed by atoms with E-state index >= 15 is 0 Å². The quantitative estimate of drug-likeness (QED) is 0.783. The number of likely N-dealkylation sites (N-methyl/N-ethyl adjacent to an activating group) is 1. The SMILES string of the molecule is CCCc1c(N)ncnc1N(C)CCOC. The van der Waals surface area contributed by atoms with E-state index in [0.29, 0.717) is 12.4 Å². The molecule has 90 valence electrons. The number of ether oxygens (including phenoxy) is 1. The predicted octanol–water partition coefficient (Wildman–Crippen LogP) is 1.09. The summed E-state index contributed by atoms with van der Waals surface area (Å²) in [6.45, 7) is 3.58. The molecule has 1 aromatic rings. The molecular weight excluding hydrogens is 204 g/mol. The highest BCUT2D eigenvalue weighted by molar-refractivity contribution is 5.56. The molecule has 0 atom stereocenters. The lowest BCUT2D eigenvalue weighted by molar-refractivity contribution is 0.206. The fourth-order valence-corrected chi connectivity index (χ4v) is 1.57. The molecule has 0 amide bonds. The molecule has 0 radical (unpaired) electrons. The van der Waals surface area contributed by atoms with Crippen LogP contribution in [0.4, 0.5) is 11.6 Å². The third-order valence-corrected chi connectivity index (χ3v) is 2.45. The van der Waals surface area contributed by atoms with E-state index in [1.165, 1.54) is 6.33 Å². The van der Waals surface area contributed by atoms with E-state index in [0.717, 1.165) is 30.8 Å². The molecule has 0 spiro atoms. The maximum absolute atomic E-state index is 5.86. The van der Waals surface area contributed by atoms with Gasteiger partial charge in [-0.2, -0.15) is 0 Å². The monoisotopic (exact) mass is 224 g/mol. The molecule has 0 aliphatic heterocycles. The van der Waals surface area contributed by atoms with Gasteiger partial charge < -0.3 is 15.4 Å². The molecule has 1 heterocycles. The number of nitrogens with two attached hydrogens (primary N) is 1. The minimum absolute atomic E-state index is 0.580. The highest BCUT2D eigenvalue weighted by Crippen LogP contribution is 2.21. The number of rotatable bonds is 6. The van der Waals surface area contributed by atoms with Crippen LogP contribution < -0.4 is 10.6 Å². The average Bonchev–Trinajstić information content (AvgIpc) is 2.29. The molecule has 0 fully saturated rings. The first-order chi connectivity index (χ1) is 7.70.